The average molecular weight is 1210 g/mol. The molecule has 0 aliphatic heterocycles. The zero-order chi connectivity index (χ0) is 51.6. The van der Waals surface area contributed by atoms with Crippen LogP contribution in [-0.2, 0) is 20.1 Å². The fourth-order valence-electron chi connectivity index (χ4n) is 10.8. The van der Waals surface area contributed by atoms with Crippen LogP contribution in [0, 0.1) is 45.6 Å². The minimum atomic E-state index is -2.20. The Labute approximate surface area is 451 Å². The Morgan fingerprint density at radius 3 is 1.99 bits per heavy atom. The standard InChI is InChI=1S/C43H30FN2O.C24H28GeN.Ir/c1-24-20-29(28-12-6-5-7-13-28)21-25(2)41(24)46-38-23-34-27(4)26(3)30-14-8-9-15-31(30)35(34)22-37(38)45-43(46)33-18-19-36(44)40-32-16-10-11-17-39(32)47-42(33)40;1-18(20-12-8-6-9-13-20)19(2)22-16-24(21-14-10-7-11-15-21)26-17-23(22)25(3,4)5;/h5-17,19-23H,1-4H3;6-14,16-19H,1-5H3;/q2*-1;/i;19D;. The summed E-state index contributed by atoms with van der Waals surface area (Å²) < 4.78 is 34.8. The zero-order valence-electron chi connectivity index (χ0n) is 44.3. The number of halogens is 1. The van der Waals surface area contributed by atoms with Gasteiger partial charge in [-0.3, -0.25) is 9.37 Å². The summed E-state index contributed by atoms with van der Waals surface area (Å²) in [5, 5.41) is 5.99. The summed E-state index contributed by atoms with van der Waals surface area (Å²) in [5.74, 6) is 6.77. The number of aryl methyl sites for hydroxylation is 4. The van der Waals surface area contributed by atoms with Crippen LogP contribution in [0.4, 0.5) is 4.39 Å². The maximum absolute atomic E-state index is 15.5. The first-order chi connectivity index (χ1) is 35.6. The third-order valence-corrected chi connectivity index (χ3v) is 19.1. The number of fused-ring (bicyclic) bond motifs is 7. The summed E-state index contributed by atoms with van der Waals surface area (Å²) in [5.41, 5.74) is 15.8. The molecule has 0 saturated carbocycles. The van der Waals surface area contributed by atoms with Gasteiger partial charge in [0.2, 0.25) is 0 Å². The first-order valence-electron chi connectivity index (χ1n) is 25.7. The molecule has 0 aliphatic rings. The van der Waals surface area contributed by atoms with Crippen LogP contribution in [0.2, 0.25) is 17.3 Å². The van der Waals surface area contributed by atoms with Crippen molar-refractivity contribution in [2.24, 2.45) is 0 Å². The fourth-order valence-corrected chi connectivity index (χ4v) is 14.0. The minimum Gasteiger partial charge on any atom is 0 e. The van der Waals surface area contributed by atoms with Gasteiger partial charge in [-0.15, -0.1) is 12.1 Å². The summed E-state index contributed by atoms with van der Waals surface area (Å²) >= 11 is -2.20. The molecule has 4 nitrogen and oxygen atoms in total. The first-order valence-corrected chi connectivity index (χ1v) is 32.5. The number of benzene rings is 9. The second-order valence-electron chi connectivity index (χ2n) is 20.5. The molecule has 0 aliphatic carbocycles. The molecule has 7 heteroatoms. The van der Waals surface area contributed by atoms with E-state index in [-0.39, 0.29) is 31.8 Å². The van der Waals surface area contributed by atoms with E-state index in [1.807, 2.05) is 66.9 Å². The van der Waals surface area contributed by atoms with E-state index in [0.29, 0.717) is 27.9 Å². The minimum absolute atomic E-state index is 0. The van der Waals surface area contributed by atoms with Crippen LogP contribution in [-0.4, -0.2) is 27.8 Å². The molecule has 9 aromatic carbocycles. The molecule has 12 aromatic rings. The van der Waals surface area contributed by atoms with Crippen LogP contribution in [0.1, 0.15) is 60.4 Å². The zero-order valence-corrected chi connectivity index (χ0v) is 47.8. The van der Waals surface area contributed by atoms with E-state index in [2.05, 4.69) is 179 Å². The average Bonchev–Trinajstić information content (AvgIpc) is 3.99. The van der Waals surface area contributed by atoms with Gasteiger partial charge < -0.3 is 8.98 Å². The van der Waals surface area contributed by atoms with E-state index in [1.54, 1.807) is 0 Å². The molecule has 12 rings (SSSR count). The van der Waals surface area contributed by atoms with Gasteiger partial charge >= 0.3 is 162 Å². The van der Waals surface area contributed by atoms with Crippen molar-refractivity contribution in [2.75, 3.05) is 0 Å². The van der Waals surface area contributed by atoms with Crippen molar-refractivity contribution in [2.45, 2.75) is 70.6 Å². The quantitative estimate of drug-likeness (QED) is 0.0865. The number of para-hydroxylation sites is 1. The number of pyridine rings is 1. The van der Waals surface area contributed by atoms with E-state index in [0.717, 1.165) is 61.0 Å². The maximum Gasteiger partial charge on any atom is 0 e. The normalized spacial score (nSPS) is 13.1. The molecule has 1 radical (unpaired) electrons. The Morgan fingerprint density at radius 2 is 1.30 bits per heavy atom. The molecule has 0 N–H and O–H groups in total. The number of hydrogen-bond acceptors (Lipinski definition) is 3. The van der Waals surface area contributed by atoms with Crippen LogP contribution in [0.3, 0.4) is 0 Å². The van der Waals surface area contributed by atoms with Crippen molar-refractivity contribution in [1.29, 1.82) is 0 Å². The molecule has 0 bridgehead atoms. The summed E-state index contributed by atoms with van der Waals surface area (Å²) in [7, 11) is 0. The van der Waals surface area contributed by atoms with Gasteiger partial charge in [-0.1, -0.05) is 78.4 Å². The SMILES string of the molecule is Cc1cc(-c2ccccc2)cc(C)c1-n1c(-c2[c-]cc(F)c3c2oc2ccccc23)nc2cc3c(cc21)c(C)c(C)c1ccccc13.[2H]C(C)(c1cc(-c2[c-]cccc2)nc[c]1[Ge]([CH3])([CH3])[CH3])C(C)c1ccccc1.[Ir]. The molecule has 3 aromatic heterocycles. The van der Waals surface area contributed by atoms with E-state index < -0.39 is 19.2 Å². The van der Waals surface area contributed by atoms with Crippen molar-refractivity contribution in [3.05, 3.63) is 227 Å². The molecule has 0 amide bonds. The third-order valence-electron chi connectivity index (χ3n) is 14.9. The molecule has 2 unspecified atom stereocenters. The van der Waals surface area contributed by atoms with Gasteiger partial charge in [-0.25, -0.2) is 0 Å². The van der Waals surface area contributed by atoms with Gasteiger partial charge in [0.25, 0.3) is 0 Å². The van der Waals surface area contributed by atoms with Gasteiger partial charge in [0.15, 0.2) is 0 Å². The van der Waals surface area contributed by atoms with Crippen molar-refractivity contribution in [3.63, 3.8) is 0 Å². The molecular weight excluding hydrogens is 1150 g/mol. The van der Waals surface area contributed by atoms with Crippen LogP contribution in [0.5, 0.6) is 0 Å². The van der Waals surface area contributed by atoms with Gasteiger partial charge in [0.1, 0.15) is 5.58 Å². The Kier molecular flexibility index (Phi) is 13.6. The molecule has 0 saturated heterocycles. The number of imidazole rings is 1. The first kappa shape index (κ1) is 49.3. The summed E-state index contributed by atoms with van der Waals surface area (Å²) in [6, 6.07) is 64.0. The number of hydrogen-bond donors (Lipinski definition) is 0. The Morgan fingerprint density at radius 1 is 0.662 bits per heavy atom. The molecule has 3 heterocycles. The van der Waals surface area contributed by atoms with Crippen LogP contribution < -0.4 is 4.40 Å². The van der Waals surface area contributed by atoms with Crippen molar-refractivity contribution in [3.8, 4) is 39.5 Å². The van der Waals surface area contributed by atoms with Crippen LogP contribution in [0.25, 0.3) is 94.0 Å². The fraction of sp³-hybridized carbons (Fsp3) is 0.164. The van der Waals surface area contributed by atoms with Crippen molar-refractivity contribution in [1.82, 2.24) is 14.5 Å². The number of nitrogens with zero attached hydrogens (tertiary/aromatic N) is 3. The third kappa shape index (κ3) is 9.12. The van der Waals surface area contributed by atoms with Crippen LogP contribution in [0.15, 0.2) is 180 Å². The largest absolute Gasteiger partial charge is 0 e. The number of furan rings is 1. The Hall–Kier alpha value is -6.96. The smallest absolute Gasteiger partial charge is 0 e. The predicted molar refractivity (Wildman–Crippen MR) is 307 cm³/mol. The molecule has 74 heavy (non-hydrogen) atoms. The Balaban J connectivity index is 0.000000196. The van der Waals surface area contributed by atoms with E-state index in [4.69, 9.17) is 14.4 Å². The number of aromatic nitrogens is 3. The van der Waals surface area contributed by atoms with Gasteiger partial charge in [0, 0.05) is 37.0 Å². The van der Waals surface area contributed by atoms with Crippen molar-refractivity contribution < 1.29 is 30.3 Å². The van der Waals surface area contributed by atoms with E-state index in [9.17, 15) is 1.37 Å². The monoisotopic (exact) mass is 1210 g/mol. The molecule has 0 spiro atoms. The van der Waals surface area contributed by atoms with Crippen molar-refractivity contribution >= 4 is 72.2 Å². The Bertz CT molecular complexity index is 4080. The molecule has 369 valence electrons. The second kappa shape index (κ2) is 20.4. The molecular formula is C67H58FGeIrN3O-2. The summed E-state index contributed by atoms with van der Waals surface area (Å²) in [6.07, 6.45) is 2.04. The topological polar surface area (TPSA) is 43.9 Å². The molecule has 0 fully saturated rings. The van der Waals surface area contributed by atoms with Gasteiger partial charge in [-0.2, -0.15) is 0 Å². The maximum atomic E-state index is 15.5. The summed E-state index contributed by atoms with van der Waals surface area (Å²) in [4.78, 5) is 10.1. The molecule has 2 atom stereocenters. The van der Waals surface area contributed by atoms with Crippen LogP contribution >= 0.6 is 0 Å². The van der Waals surface area contributed by atoms with Gasteiger partial charge in [0.05, 0.1) is 22.4 Å². The summed E-state index contributed by atoms with van der Waals surface area (Å²) in [6.45, 7) is 12.9. The van der Waals surface area contributed by atoms with E-state index >= 15 is 4.39 Å². The predicted octanol–water partition coefficient (Wildman–Crippen LogP) is 17.7. The second-order valence-corrected chi connectivity index (χ2v) is 31.1. The van der Waals surface area contributed by atoms with E-state index in [1.165, 1.54) is 48.9 Å². The number of rotatable bonds is 8. The van der Waals surface area contributed by atoms with Gasteiger partial charge in [-0.05, 0) is 118 Å².